The van der Waals surface area contributed by atoms with Crippen LogP contribution in [0.2, 0.25) is 15.1 Å². The van der Waals surface area contributed by atoms with Crippen LogP contribution in [0.3, 0.4) is 0 Å². The van der Waals surface area contributed by atoms with Gasteiger partial charge in [0.2, 0.25) is 0 Å². The average molecular weight is 455 g/mol. The summed E-state index contributed by atoms with van der Waals surface area (Å²) in [6.45, 7) is 0. The fourth-order valence-corrected chi connectivity index (χ4v) is 3.15. The molecule has 3 aromatic rings. The van der Waals surface area contributed by atoms with E-state index >= 15 is 0 Å². The zero-order chi connectivity index (χ0) is 21.5. The van der Waals surface area contributed by atoms with Crippen molar-refractivity contribution in [1.29, 1.82) is 5.26 Å². The monoisotopic (exact) mass is 453 g/mol. The Morgan fingerprint density at radius 2 is 1.57 bits per heavy atom. The molecule has 6 heteroatoms. The van der Waals surface area contributed by atoms with Crippen molar-refractivity contribution in [3.63, 3.8) is 0 Å². The highest BCUT2D eigenvalue weighted by atomic mass is 35.5. The Balaban J connectivity index is 1.67. The quantitative estimate of drug-likeness (QED) is 0.133. The predicted molar refractivity (Wildman–Crippen MR) is 123 cm³/mol. The molecule has 30 heavy (non-hydrogen) atoms. The molecule has 3 aromatic carbocycles. The van der Waals surface area contributed by atoms with Crippen molar-refractivity contribution in [3.8, 4) is 11.8 Å². The molecule has 0 atom stereocenters. The maximum atomic E-state index is 12.0. The van der Waals surface area contributed by atoms with Gasteiger partial charge in [-0.25, -0.2) is 4.79 Å². The molecule has 148 valence electrons. The molecule has 0 radical (unpaired) electrons. The summed E-state index contributed by atoms with van der Waals surface area (Å²) in [5.74, 6) is -0.155. The topological polar surface area (TPSA) is 50.1 Å². The lowest BCUT2D eigenvalue weighted by atomic mass is 10.0. The van der Waals surface area contributed by atoms with Crippen molar-refractivity contribution in [2.75, 3.05) is 0 Å². The van der Waals surface area contributed by atoms with E-state index < -0.39 is 5.97 Å². The molecular formula is C24H14Cl3NO2. The van der Waals surface area contributed by atoms with Gasteiger partial charge in [0.05, 0.1) is 11.6 Å². The Kier molecular flexibility index (Phi) is 7.32. The molecule has 0 saturated carbocycles. The van der Waals surface area contributed by atoms with Gasteiger partial charge < -0.3 is 4.74 Å². The van der Waals surface area contributed by atoms with E-state index in [-0.39, 0.29) is 0 Å². The first-order valence-corrected chi connectivity index (χ1v) is 9.91. The van der Waals surface area contributed by atoms with E-state index in [1.165, 1.54) is 6.08 Å². The Labute approximate surface area is 189 Å². The fraction of sp³-hybridized carbons (Fsp3) is 0. The van der Waals surface area contributed by atoms with Gasteiger partial charge in [0.25, 0.3) is 0 Å². The molecule has 0 fully saturated rings. The van der Waals surface area contributed by atoms with Crippen LogP contribution in [-0.2, 0) is 4.79 Å². The molecule has 0 aromatic heterocycles. The van der Waals surface area contributed by atoms with E-state index in [1.54, 1.807) is 78.9 Å². The van der Waals surface area contributed by atoms with Crippen LogP contribution in [0.4, 0.5) is 0 Å². The second kappa shape index (κ2) is 10.1. The molecule has 3 rings (SSSR count). The Morgan fingerprint density at radius 1 is 0.900 bits per heavy atom. The molecule has 0 N–H and O–H groups in total. The van der Waals surface area contributed by atoms with Crippen molar-refractivity contribution >= 4 is 58.5 Å². The average Bonchev–Trinajstić information content (AvgIpc) is 2.73. The zero-order valence-electron chi connectivity index (χ0n) is 15.5. The van der Waals surface area contributed by atoms with Gasteiger partial charge in [-0.2, -0.15) is 5.26 Å². The van der Waals surface area contributed by atoms with Gasteiger partial charge >= 0.3 is 5.97 Å². The molecule has 0 aliphatic rings. The van der Waals surface area contributed by atoms with E-state index in [0.29, 0.717) is 32.0 Å². The lowest BCUT2D eigenvalue weighted by Crippen LogP contribution is -2.03. The zero-order valence-corrected chi connectivity index (χ0v) is 17.7. The molecular weight excluding hydrogens is 441 g/mol. The predicted octanol–water partition coefficient (Wildman–Crippen LogP) is 7.33. The van der Waals surface area contributed by atoms with Crippen LogP contribution in [0.1, 0.15) is 16.7 Å². The van der Waals surface area contributed by atoms with E-state index in [4.69, 9.17) is 39.5 Å². The first kappa shape index (κ1) is 21.7. The number of carbonyl (C=O) groups is 1. The molecule has 0 spiro atoms. The number of benzene rings is 3. The van der Waals surface area contributed by atoms with E-state index in [9.17, 15) is 10.1 Å². The van der Waals surface area contributed by atoms with Crippen LogP contribution in [0.15, 0.2) is 72.8 Å². The number of nitriles is 1. The number of esters is 1. The van der Waals surface area contributed by atoms with E-state index in [1.807, 2.05) is 0 Å². The first-order valence-electron chi connectivity index (χ1n) is 8.77. The molecule has 0 unspecified atom stereocenters. The van der Waals surface area contributed by atoms with Crippen LogP contribution in [-0.4, -0.2) is 5.97 Å². The third-order valence-electron chi connectivity index (χ3n) is 4.05. The second-order valence-corrected chi connectivity index (χ2v) is 7.45. The lowest BCUT2D eigenvalue weighted by molar-refractivity contribution is -0.128. The number of hydrogen-bond acceptors (Lipinski definition) is 3. The normalized spacial score (nSPS) is 11.3. The van der Waals surface area contributed by atoms with Gasteiger partial charge in [-0.05, 0) is 65.2 Å². The van der Waals surface area contributed by atoms with Crippen molar-refractivity contribution in [2.45, 2.75) is 0 Å². The smallest absolute Gasteiger partial charge is 0.336 e. The summed E-state index contributed by atoms with van der Waals surface area (Å²) < 4.78 is 5.29. The van der Waals surface area contributed by atoms with Gasteiger partial charge in [-0.3, -0.25) is 0 Å². The summed E-state index contributed by atoms with van der Waals surface area (Å²) in [5, 5.41) is 11.0. The number of nitrogens with zero attached hydrogens (tertiary/aromatic N) is 1. The SMILES string of the molecule is N#C/C(=C/c1ccc(OC(=O)/C=C/c2ccc(Cl)cc2Cl)cc1)c1ccc(Cl)cc1. The van der Waals surface area contributed by atoms with Gasteiger partial charge in [-0.15, -0.1) is 0 Å². The third-order valence-corrected chi connectivity index (χ3v) is 4.86. The molecule has 0 saturated heterocycles. The fourth-order valence-electron chi connectivity index (χ4n) is 2.55. The summed E-state index contributed by atoms with van der Waals surface area (Å²) >= 11 is 17.8. The highest BCUT2D eigenvalue weighted by Gasteiger charge is 2.04. The van der Waals surface area contributed by atoms with Crippen LogP contribution >= 0.6 is 34.8 Å². The van der Waals surface area contributed by atoms with Crippen LogP contribution in [0.5, 0.6) is 5.75 Å². The summed E-state index contributed by atoms with van der Waals surface area (Å²) in [4.78, 5) is 12.0. The van der Waals surface area contributed by atoms with Crippen LogP contribution in [0.25, 0.3) is 17.7 Å². The number of halogens is 3. The Bertz CT molecular complexity index is 1160. The molecule has 0 aliphatic heterocycles. The number of allylic oxidation sites excluding steroid dienone is 1. The van der Waals surface area contributed by atoms with Gasteiger partial charge in [-0.1, -0.05) is 65.1 Å². The highest BCUT2D eigenvalue weighted by molar-refractivity contribution is 6.35. The van der Waals surface area contributed by atoms with Gasteiger partial charge in [0.1, 0.15) is 5.75 Å². The van der Waals surface area contributed by atoms with Gasteiger partial charge in [0, 0.05) is 21.1 Å². The molecule has 0 aliphatic carbocycles. The summed E-state index contributed by atoms with van der Waals surface area (Å²) in [6, 6.07) is 21.0. The molecule has 3 nitrogen and oxygen atoms in total. The Hall–Kier alpha value is -3.03. The van der Waals surface area contributed by atoms with Crippen molar-refractivity contribution in [3.05, 3.63) is 105 Å². The number of carbonyl (C=O) groups excluding carboxylic acids is 1. The number of rotatable bonds is 5. The van der Waals surface area contributed by atoms with Crippen LogP contribution < -0.4 is 4.74 Å². The standard InChI is InChI=1S/C24H14Cl3NO2/c25-20-7-3-17(4-8-20)19(15-28)13-16-1-10-22(11-2-16)30-24(29)12-6-18-5-9-21(26)14-23(18)27/h1-14H/b12-6+,19-13-. The maximum absolute atomic E-state index is 12.0. The van der Waals surface area contributed by atoms with Crippen molar-refractivity contribution < 1.29 is 9.53 Å². The third kappa shape index (κ3) is 5.98. The maximum Gasteiger partial charge on any atom is 0.336 e. The van der Waals surface area contributed by atoms with Gasteiger partial charge in [0.15, 0.2) is 0 Å². The number of ether oxygens (including phenoxy) is 1. The van der Waals surface area contributed by atoms with E-state index in [2.05, 4.69) is 6.07 Å². The van der Waals surface area contributed by atoms with Crippen LogP contribution in [0, 0.1) is 11.3 Å². The minimum Gasteiger partial charge on any atom is -0.423 e. The van der Waals surface area contributed by atoms with Crippen molar-refractivity contribution in [1.82, 2.24) is 0 Å². The summed E-state index contributed by atoms with van der Waals surface area (Å²) in [7, 11) is 0. The van der Waals surface area contributed by atoms with E-state index in [0.717, 1.165) is 11.1 Å². The van der Waals surface area contributed by atoms with Crippen molar-refractivity contribution in [2.24, 2.45) is 0 Å². The minimum atomic E-state index is -0.539. The minimum absolute atomic E-state index is 0.383. The second-order valence-electron chi connectivity index (χ2n) is 6.17. The highest BCUT2D eigenvalue weighted by Crippen LogP contribution is 2.23. The first-order chi connectivity index (χ1) is 14.4. The molecule has 0 amide bonds. The lowest BCUT2D eigenvalue weighted by Gasteiger charge is -2.03. The molecule has 0 heterocycles. The summed E-state index contributed by atoms with van der Waals surface area (Å²) in [6.07, 6.45) is 4.60. The largest absolute Gasteiger partial charge is 0.423 e. The molecule has 0 bridgehead atoms. The number of hydrogen-bond donors (Lipinski definition) is 0. The summed E-state index contributed by atoms with van der Waals surface area (Å²) in [5.41, 5.74) is 2.72. The Morgan fingerprint density at radius 3 is 2.20 bits per heavy atom.